The van der Waals surface area contributed by atoms with E-state index in [1.54, 1.807) is 20.1 Å². The standard InChI is InChI=1S/C22H19ClN2O3/c1-22(17-9-7-15-12-18(28-2)10-8-14(15)11-17)20(26)25(21(27)24-22)13-16-5-3-4-6-19(16)23/h3-12H,13H2,1-2H3,(H,24,27)/t22-/m1/s1. The molecule has 142 valence electrons. The number of carbonyl (C=O) groups is 2. The van der Waals surface area contributed by atoms with Gasteiger partial charge in [0, 0.05) is 5.02 Å². The van der Waals surface area contributed by atoms with Gasteiger partial charge in [-0.25, -0.2) is 4.79 Å². The second-order valence-corrected chi connectivity index (χ2v) is 7.37. The van der Waals surface area contributed by atoms with Crippen LogP contribution < -0.4 is 10.1 Å². The Balaban J connectivity index is 1.68. The van der Waals surface area contributed by atoms with Gasteiger partial charge in [0.05, 0.1) is 13.7 Å². The first-order chi connectivity index (χ1) is 13.4. The molecule has 4 rings (SSSR count). The normalized spacial score (nSPS) is 19.2. The lowest BCUT2D eigenvalue weighted by Crippen LogP contribution is -2.40. The van der Waals surface area contributed by atoms with E-state index in [2.05, 4.69) is 5.32 Å². The highest BCUT2D eigenvalue weighted by Gasteiger charge is 2.49. The fraction of sp³-hybridized carbons (Fsp3) is 0.182. The predicted molar refractivity (Wildman–Crippen MR) is 108 cm³/mol. The number of carbonyl (C=O) groups excluding carboxylic acids is 2. The van der Waals surface area contributed by atoms with Gasteiger partial charge in [0.25, 0.3) is 5.91 Å². The Hall–Kier alpha value is -3.05. The summed E-state index contributed by atoms with van der Waals surface area (Å²) < 4.78 is 5.25. The maximum Gasteiger partial charge on any atom is 0.325 e. The Labute approximate surface area is 167 Å². The number of halogens is 1. The van der Waals surface area contributed by atoms with Crippen LogP contribution in [0.1, 0.15) is 18.1 Å². The van der Waals surface area contributed by atoms with E-state index in [1.165, 1.54) is 4.90 Å². The molecule has 0 bridgehead atoms. The summed E-state index contributed by atoms with van der Waals surface area (Å²) in [5.41, 5.74) is 0.319. The van der Waals surface area contributed by atoms with E-state index in [0.29, 0.717) is 5.02 Å². The first-order valence-corrected chi connectivity index (χ1v) is 9.26. The number of methoxy groups -OCH3 is 1. The maximum atomic E-state index is 13.2. The highest BCUT2D eigenvalue weighted by atomic mass is 35.5. The van der Waals surface area contributed by atoms with Crippen LogP contribution in [0.4, 0.5) is 4.79 Å². The monoisotopic (exact) mass is 394 g/mol. The lowest BCUT2D eigenvalue weighted by atomic mass is 9.90. The van der Waals surface area contributed by atoms with Crippen LogP contribution in [0.15, 0.2) is 60.7 Å². The van der Waals surface area contributed by atoms with Gasteiger partial charge in [-0.3, -0.25) is 9.69 Å². The molecule has 0 aliphatic carbocycles. The van der Waals surface area contributed by atoms with Crippen LogP contribution in [0.5, 0.6) is 5.75 Å². The molecule has 3 aromatic rings. The molecule has 5 nitrogen and oxygen atoms in total. The van der Waals surface area contributed by atoms with Gasteiger partial charge in [0.15, 0.2) is 0 Å². The summed E-state index contributed by atoms with van der Waals surface area (Å²) in [6.07, 6.45) is 0. The number of fused-ring (bicyclic) bond motifs is 1. The van der Waals surface area contributed by atoms with E-state index < -0.39 is 11.6 Å². The molecule has 1 saturated heterocycles. The number of hydrogen-bond donors (Lipinski definition) is 1. The van der Waals surface area contributed by atoms with Crippen molar-refractivity contribution in [2.75, 3.05) is 7.11 Å². The van der Waals surface area contributed by atoms with Crippen LogP contribution in [0, 0.1) is 0 Å². The third-order valence-corrected chi connectivity index (χ3v) is 5.55. The van der Waals surface area contributed by atoms with Crippen molar-refractivity contribution in [2.45, 2.75) is 19.0 Å². The van der Waals surface area contributed by atoms with Crippen LogP contribution >= 0.6 is 11.6 Å². The Kier molecular flexibility index (Phi) is 4.47. The van der Waals surface area contributed by atoms with E-state index in [4.69, 9.17) is 16.3 Å². The average molecular weight is 395 g/mol. The quantitative estimate of drug-likeness (QED) is 0.664. The lowest BCUT2D eigenvalue weighted by Gasteiger charge is -2.23. The zero-order valence-corrected chi connectivity index (χ0v) is 16.3. The Morgan fingerprint density at radius 3 is 2.50 bits per heavy atom. The molecule has 0 unspecified atom stereocenters. The molecule has 1 aliphatic rings. The Bertz CT molecular complexity index is 1100. The fourth-order valence-electron chi connectivity index (χ4n) is 3.49. The average Bonchev–Trinajstić information content (AvgIpc) is 2.92. The summed E-state index contributed by atoms with van der Waals surface area (Å²) in [5, 5.41) is 5.33. The summed E-state index contributed by atoms with van der Waals surface area (Å²) in [5.74, 6) is 0.466. The SMILES string of the molecule is COc1ccc2cc([C@@]3(C)NC(=O)N(Cc4ccccc4Cl)C3=O)ccc2c1. The number of imide groups is 1. The molecule has 3 aromatic carbocycles. The summed E-state index contributed by atoms with van der Waals surface area (Å²) in [6.45, 7) is 1.86. The van der Waals surface area contributed by atoms with Crippen molar-refractivity contribution >= 4 is 34.3 Å². The van der Waals surface area contributed by atoms with Crippen LogP contribution in [0.2, 0.25) is 5.02 Å². The van der Waals surface area contributed by atoms with Gasteiger partial charge in [-0.2, -0.15) is 0 Å². The molecule has 3 amide bonds. The highest BCUT2D eigenvalue weighted by molar-refractivity contribution is 6.31. The van der Waals surface area contributed by atoms with Crippen molar-refractivity contribution in [3.63, 3.8) is 0 Å². The molecule has 1 aliphatic heterocycles. The lowest BCUT2D eigenvalue weighted by molar-refractivity contribution is -0.131. The third kappa shape index (κ3) is 2.98. The molecule has 1 heterocycles. The molecule has 1 atom stereocenters. The van der Waals surface area contributed by atoms with Crippen molar-refractivity contribution in [1.82, 2.24) is 10.2 Å². The van der Waals surface area contributed by atoms with Gasteiger partial charge >= 0.3 is 6.03 Å². The first-order valence-electron chi connectivity index (χ1n) is 8.88. The predicted octanol–water partition coefficient (Wildman–Crippen LogP) is 4.47. The molecule has 28 heavy (non-hydrogen) atoms. The van der Waals surface area contributed by atoms with Crippen LogP contribution in [0.3, 0.4) is 0 Å². The van der Waals surface area contributed by atoms with Crippen LogP contribution in [-0.4, -0.2) is 23.9 Å². The number of nitrogens with one attached hydrogen (secondary N) is 1. The van der Waals surface area contributed by atoms with Crippen molar-refractivity contribution in [3.8, 4) is 5.75 Å². The smallest absolute Gasteiger partial charge is 0.325 e. The van der Waals surface area contributed by atoms with E-state index in [-0.39, 0.29) is 12.5 Å². The van der Waals surface area contributed by atoms with Gasteiger partial charge in [-0.15, -0.1) is 0 Å². The molecule has 0 aromatic heterocycles. The molecular weight excluding hydrogens is 376 g/mol. The number of hydrogen-bond acceptors (Lipinski definition) is 3. The summed E-state index contributed by atoms with van der Waals surface area (Å²) >= 11 is 6.20. The van der Waals surface area contributed by atoms with Gasteiger partial charge < -0.3 is 10.1 Å². The second-order valence-electron chi connectivity index (χ2n) is 6.97. The van der Waals surface area contributed by atoms with Crippen molar-refractivity contribution < 1.29 is 14.3 Å². The number of amides is 3. The minimum Gasteiger partial charge on any atom is -0.497 e. The highest BCUT2D eigenvalue weighted by Crippen LogP contribution is 2.33. The molecule has 0 spiro atoms. The van der Waals surface area contributed by atoms with E-state index in [9.17, 15) is 9.59 Å². The topological polar surface area (TPSA) is 58.6 Å². The number of ether oxygens (including phenoxy) is 1. The van der Waals surface area contributed by atoms with Crippen LogP contribution in [0.25, 0.3) is 10.8 Å². The fourth-order valence-corrected chi connectivity index (χ4v) is 3.69. The second kappa shape index (κ2) is 6.84. The first kappa shape index (κ1) is 18.3. The zero-order valence-electron chi connectivity index (χ0n) is 15.5. The third-order valence-electron chi connectivity index (χ3n) is 5.19. The number of benzene rings is 3. The Morgan fingerprint density at radius 2 is 1.75 bits per heavy atom. The summed E-state index contributed by atoms with van der Waals surface area (Å²) in [6, 6.07) is 18.2. The molecule has 0 radical (unpaired) electrons. The molecular formula is C22H19ClN2O3. The summed E-state index contributed by atoms with van der Waals surface area (Å²) in [7, 11) is 1.62. The molecule has 6 heteroatoms. The van der Waals surface area contributed by atoms with Gasteiger partial charge in [0.1, 0.15) is 11.3 Å². The summed E-state index contributed by atoms with van der Waals surface area (Å²) in [4.78, 5) is 26.9. The molecule has 1 fully saturated rings. The zero-order chi connectivity index (χ0) is 19.9. The molecule has 1 N–H and O–H groups in total. The van der Waals surface area contributed by atoms with Crippen molar-refractivity contribution in [3.05, 3.63) is 76.8 Å². The van der Waals surface area contributed by atoms with E-state index in [0.717, 1.165) is 27.6 Å². The van der Waals surface area contributed by atoms with Gasteiger partial charge in [-0.1, -0.05) is 48.0 Å². The van der Waals surface area contributed by atoms with Gasteiger partial charge in [-0.05, 0) is 53.1 Å². The van der Waals surface area contributed by atoms with Gasteiger partial charge in [0.2, 0.25) is 0 Å². The number of nitrogens with zero attached hydrogens (tertiary/aromatic N) is 1. The largest absolute Gasteiger partial charge is 0.497 e. The molecule has 0 saturated carbocycles. The van der Waals surface area contributed by atoms with Crippen molar-refractivity contribution in [1.29, 1.82) is 0 Å². The number of rotatable bonds is 4. The minimum atomic E-state index is -1.13. The van der Waals surface area contributed by atoms with Crippen LogP contribution in [-0.2, 0) is 16.9 Å². The van der Waals surface area contributed by atoms with Crippen molar-refractivity contribution in [2.24, 2.45) is 0 Å². The number of urea groups is 1. The minimum absolute atomic E-state index is 0.130. The van der Waals surface area contributed by atoms with E-state index >= 15 is 0 Å². The van der Waals surface area contributed by atoms with E-state index in [1.807, 2.05) is 54.6 Å². The Morgan fingerprint density at radius 1 is 1.04 bits per heavy atom. The maximum absolute atomic E-state index is 13.2.